The molecule has 0 aliphatic heterocycles. The summed E-state index contributed by atoms with van der Waals surface area (Å²) in [7, 11) is 0. The Morgan fingerprint density at radius 2 is 1.94 bits per heavy atom. The molecule has 2 heteroatoms. The van der Waals surface area contributed by atoms with Gasteiger partial charge in [-0.15, -0.1) is 0 Å². The molecule has 0 fully saturated rings. The van der Waals surface area contributed by atoms with Gasteiger partial charge in [-0.3, -0.25) is 0 Å². The van der Waals surface area contributed by atoms with Crippen LogP contribution in [0, 0.1) is 18.2 Å². The maximum absolute atomic E-state index is 13.1. The number of halogens is 1. The third kappa shape index (κ3) is 4.31. The first-order valence-corrected chi connectivity index (χ1v) is 5.71. The van der Waals surface area contributed by atoms with E-state index in [4.69, 9.17) is 0 Å². The topological polar surface area (TPSA) is 20.2 Å². The fraction of sp³-hybridized carbons (Fsp3) is 0.571. The number of hydrogen-bond acceptors (Lipinski definition) is 1. The number of aliphatic hydroxyl groups is 1. The van der Waals surface area contributed by atoms with E-state index < -0.39 is 6.10 Å². The van der Waals surface area contributed by atoms with Crippen molar-refractivity contribution in [2.75, 3.05) is 0 Å². The minimum Gasteiger partial charge on any atom is -0.393 e. The van der Waals surface area contributed by atoms with Crippen molar-refractivity contribution in [3.05, 3.63) is 35.1 Å². The molecule has 0 saturated heterocycles. The van der Waals surface area contributed by atoms with Crippen LogP contribution in [0.3, 0.4) is 0 Å². The first kappa shape index (κ1) is 13.2. The molecule has 0 spiro atoms. The van der Waals surface area contributed by atoms with Crippen LogP contribution in [-0.4, -0.2) is 11.2 Å². The van der Waals surface area contributed by atoms with E-state index in [9.17, 15) is 9.50 Å². The molecule has 0 aliphatic rings. The third-order valence-electron chi connectivity index (χ3n) is 2.61. The van der Waals surface area contributed by atoms with E-state index >= 15 is 0 Å². The van der Waals surface area contributed by atoms with Gasteiger partial charge >= 0.3 is 0 Å². The molecule has 1 unspecified atom stereocenters. The van der Waals surface area contributed by atoms with Crippen LogP contribution in [-0.2, 0) is 6.42 Å². The second kappa shape index (κ2) is 4.96. The summed E-state index contributed by atoms with van der Waals surface area (Å²) >= 11 is 0. The lowest BCUT2D eigenvalue weighted by Gasteiger charge is -2.22. The molecule has 0 bridgehead atoms. The van der Waals surface area contributed by atoms with Crippen molar-refractivity contribution in [1.29, 1.82) is 0 Å². The Kier molecular flexibility index (Phi) is 4.09. The van der Waals surface area contributed by atoms with Gasteiger partial charge in [0.2, 0.25) is 0 Å². The first-order valence-electron chi connectivity index (χ1n) is 5.71. The summed E-state index contributed by atoms with van der Waals surface area (Å²) in [6.07, 6.45) is 0.851. The molecule has 1 aromatic carbocycles. The zero-order valence-electron chi connectivity index (χ0n) is 10.5. The summed E-state index contributed by atoms with van der Waals surface area (Å²) in [6.45, 7) is 8.22. The minimum absolute atomic E-state index is 0.0979. The second-order valence-corrected chi connectivity index (χ2v) is 5.69. The van der Waals surface area contributed by atoms with Crippen LogP contribution >= 0.6 is 0 Å². The summed E-state index contributed by atoms with van der Waals surface area (Å²) < 4.78 is 13.1. The maximum atomic E-state index is 13.1. The van der Waals surface area contributed by atoms with Crippen molar-refractivity contribution in [2.24, 2.45) is 5.41 Å². The van der Waals surface area contributed by atoms with Gasteiger partial charge in [-0.1, -0.05) is 26.8 Å². The lowest BCUT2D eigenvalue weighted by Crippen LogP contribution is -2.20. The van der Waals surface area contributed by atoms with Crippen molar-refractivity contribution in [2.45, 2.75) is 46.6 Å². The van der Waals surface area contributed by atoms with E-state index in [0.717, 1.165) is 17.5 Å². The molecule has 1 N–H and O–H groups in total. The van der Waals surface area contributed by atoms with Crippen molar-refractivity contribution in [1.82, 2.24) is 0 Å². The van der Waals surface area contributed by atoms with Crippen LogP contribution in [0.15, 0.2) is 18.2 Å². The molecule has 0 aromatic heterocycles. The zero-order chi connectivity index (χ0) is 12.3. The molecular formula is C14H21FO. The van der Waals surface area contributed by atoms with E-state index in [1.807, 2.05) is 6.92 Å². The van der Waals surface area contributed by atoms with E-state index in [1.165, 1.54) is 12.1 Å². The van der Waals surface area contributed by atoms with Crippen LogP contribution in [0.4, 0.5) is 4.39 Å². The Balaban J connectivity index is 2.69. The van der Waals surface area contributed by atoms with Crippen molar-refractivity contribution >= 4 is 0 Å². The zero-order valence-corrected chi connectivity index (χ0v) is 10.5. The van der Waals surface area contributed by atoms with Gasteiger partial charge < -0.3 is 5.11 Å². The number of aryl methyl sites for hydroxylation is 1. The molecule has 0 heterocycles. The van der Waals surface area contributed by atoms with E-state index in [-0.39, 0.29) is 11.2 Å². The van der Waals surface area contributed by atoms with Crippen molar-refractivity contribution in [3.8, 4) is 0 Å². The normalized spacial score (nSPS) is 13.9. The van der Waals surface area contributed by atoms with Crippen LogP contribution in [0.1, 0.15) is 38.3 Å². The Hall–Kier alpha value is -0.890. The van der Waals surface area contributed by atoms with Crippen LogP contribution < -0.4 is 0 Å². The van der Waals surface area contributed by atoms with Gasteiger partial charge in [-0.2, -0.15) is 0 Å². The highest BCUT2D eigenvalue weighted by Gasteiger charge is 2.17. The average molecular weight is 224 g/mol. The molecule has 90 valence electrons. The van der Waals surface area contributed by atoms with Gasteiger partial charge in [0.25, 0.3) is 0 Å². The van der Waals surface area contributed by atoms with Crippen LogP contribution in [0.25, 0.3) is 0 Å². The highest BCUT2D eigenvalue weighted by atomic mass is 19.1. The summed E-state index contributed by atoms with van der Waals surface area (Å²) in [5.41, 5.74) is 2.03. The van der Waals surface area contributed by atoms with E-state index in [1.54, 1.807) is 6.07 Å². The third-order valence-corrected chi connectivity index (χ3v) is 2.61. The SMILES string of the molecule is Cc1ccc(F)cc1CC(O)CC(C)(C)C. The number of rotatable bonds is 3. The quantitative estimate of drug-likeness (QED) is 0.833. The second-order valence-electron chi connectivity index (χ2n) is 5.69. The van der Waals surface area contributed by atoms with Crippen LogP contribution in [0.2, 0.25) is 0 Å². The molecule has 1 nitrogen and oxygen atoms in total. The molecule has 16 heavy (non-hydrogen) atoms. The summed E-state index contributed by atoms with van der Waals surface area (Å²) in [5, 5.41) is 9.93. The molecular weight excluding hydrogens is 203 g/mol. The Labute approximate surface area is 97.3 Å². The van der Waals surface area contributed by atoms with Crippen molar-refractivity contribution < 1.29 is 9.50 Å². The fourth-order valence-corrected chi connectivity index (χ4v) is 1.89. The lowest BCUT2D eigenvalue weighted by atomic mass is 9.87. The molecule has 0 aliphatic carbocycles. The fourth-order valence-electron chi connectivity index (χ4n) is 1.89. The lowest BCUT2D eigenvalue weighted by molar-refractivity contribution is 0.121. The molecule has 0 radical (unpaired) electrons. The van der Waals surface area contributed by atoms with Crippen LogP contribution in [0.5, 0.6) is 0 Å². The highest BCUT2D eigenvalue weighted by molar-refractivity contribution is 5.27. The Bertz CT molecular complexity index is 352. The largest absolute Gasteiger partial charge is 0.393 e. The van der Waals surface area contributed by atoms with Gasteiger partial charge in [-0.25, -0.2) is 4.39 Å². The summed E-state index contributed by atoms with van der Waals surface area (Å²) in [4.78, 5) is 0. The Morgan fingerprint density at radius 3 is 2.50 bits per heavy atom. The number of benzene rings is 1. The Morgan fingerprint density at radius 1 is 1.31 bits per heavy atom. The molecule has 0 amide bonds. The van der Waals surface area contributed by atoms with E-state index in [2.05, 4.69) is 20.8 Å². The first-order chi connectivity index (χ1) is 7.28. The van der Waals surface area contributed by atoms with Gasteiger partial charge in [0.1, 0.15) is 5.82 Å². The standard InChI is InChI=1S/C14H21FO/c1-10-5-6-12(15)7-11(10)8-13(16)9-14(2,3)4/h5-7,13,16H,8-9H2,1-4H3. The summed E-state index contributed by atoms with van der Waals surface area (Å²) in [6, 6.07) is 4.73. The predicted molar refractivity (Wildman–Crippen MR) is 64.9 cm³/mol. The summed E-state index contributed by atoms with van der Waals surface area (Å²) in [5.74, 6) is -0.233. The van der Waals surface area contributed by atoms with E-state index in [0.29, 0.717) is 6.42 Å². The predicted octanol–water partition coefficient (Wildman–Crippen LogP) is 3.47. The number of aliphatic hydroxyl groups excluding tert-OH is 1. The molecule has 1 rings (SSSR count). The van der Waals surface area contributed by atoms with Gasteiger partial charge in [0, 0.05) is 0 Å². The van der Waals surface area contributed by atoms with Gasteiger partial charge in [-0.05, 0) is 48.4 Å². The van der Waals surface area contributed by atoms with Gasteiger partial charge in [0.15, 0.2) is 0 Å². The maximum Gasteiger partial charge on any atom is 0.123 e. The smallest absolute Gasteiger partial charge is 0.123 e. The molecule has 0 saturated carbocycles. The monoisotopic (exact) mass is 224 g/mol. The minimum atomic E-state index is -0.402. The van der Waals surface area contributed by atoms with Crippen molar-refractivity contribution in [3.63, 3.8) is 0 Å². The number of hydrogen-bond donors (Lipinski definition) is 1. The molecule has 1 atom stereocenters. The average Bonchev–Trinajstić information content (AvgIpc) is 2.08. The molecule has 1 aromatic rings. The van der Waals surface area contributed by atoms with Gasteiger partial charge in [0.05, 0.1) is 6.10 Å². The highest BCUT2D eigenvalue weighted by Crippen LogP contribution is 2.23.